The largest absolute Gasteiger partial charge is 0.463 e. The van der Waals surface area contributed by atoms with E-state index >= 15 is 0 Å². The van der Waals surface area contributed by atoms with Crippen molar-refractivity contribution < 1.29 is 19.1 Å². The van der Waals surface area contributed by atoms with Gasteiger partial charge in [0.1, 0.15) is 0 Å². The van der Waals surface area contributed by atoms with E-state index in [0.717, 1.165) is 66.6 Å². The Morgan fingerprint density at radius 2 is 0.941 bits per heavy atom. The summed E-state index contributed by atoms with van der Waals surface area (Å²) in [6.07, 6.45) is 1.65. The van der Waals surface area contributed by atoms with Crippen LogP contribution in [0.3, 0.4) is 0 Å². The molecule has 2 aliphatic rings. The number of carbonyl (C=O) groups is 2. The monoisotopic (exact) mass is 674 g/mol. The molecule has 0 saturated carbocycles. The van der Waals surface area contributed by atoms with Crippen LogP contribution in [0.25, 0.3) is 44.3 Å². The van der Waals surface area contributed by atoms with E-state index in [0.29, 0.717) is 19.3 Å². The predicted molar refractivity (Wildman–Crippen MR) is 201 cm³/mol. The van der Waals surface area contributed by atoms with Gasteiger partial charge in [0.25, 0.3) is 0 Å². The first-order chi connectivity index (χ1) is 24.7. The van der Waals surface area contributed by atoms with Crippen LogP contribution in [0.5, 0.6) is 0 Å². The second-order valence-electron chi connectivity index (χ2n) is 14.7. The van der Waals surface area contributed by atoms with E-state index in [4.69, 9.17) is 19.4 Å². The smallest absolute Gasteiger partial charge is 0.306 e. The summed E-state index contributed by atoms with van der Waals surface area (Å²) in [5.41, 5.74) is 9.08. The quantitative estimate of drug-likeness (QED) is 0.135. The summed E-state index contributed by atoms with van der Waals surface area (Å²) in [4.78, 5) is 37.5. The van der Waals surface area contributed by atoms with Crippen LogP contribution in [0.1, 0.15) is 82.1 Å². The lowest BCUT2D eigenvalue weighted by Gasteiger charge is -2.42. The first kappa shape index (κ1) is 32.8. The first-order valence-corrected chi connectivity index (χ1v) is 18.1. The molecule has 2 heterocycles. The van der Waals surface area contributed by atoms with Crippen molar-refractivity contribution in [3.8, 4) is 22.5 Å². The van der Waals surface area contributed by atoms with Gasteiger partial charge in [0, 0.05) is 45.6 Å². The molecule has 2 aliphatic carbocycles. The highest BCUT2D eigenvalue weighted by atomic mass is 16.5. The van der Waals surface area contributed by atoms with Crippen LogP contribution in [0.15, 0.2) is 109 Å². The Hall–Kier alpha value is -5.36. The van der Waals surface area contributed by atoms with Crippen LogP contribution in [-0.4, -0.2) is 34.1 Å². The topological polar surface area (TPSA) is 78.4 Å². The number of benzene rings is 4. The molecule has 2 unspecified atom stereocenters. The Bertz CT molecular complexity index is 2160. The van der Waals surface area contributed by atoms with Crippen LogP contribution in [0.2, 0.25) is 0 Å². The molecule has 0 amide bonds. The van der Waals surface area contributed by atoms with Crippen molar-refractivity contribution in [3.63, 3.8) is 0 Å². The molecule has 6 nitrogen and oxygen atoms in total. The van der Waals surface area contributed by atoms with Crippen molar-refractivity contribution in [1.82, 2.24) is 9.97 Å². The molecular weight excluding hydrogens is 633 g/mol. The zero-order valence-corrected chi connectivity index (χ0v) is 29.6. The average molecular weight is 675 g/mol. The van der Waals surface area contributed by atoms with Crippen LogP contribution >= 0.6 is 0 Å². The highest BCUT2D eigenvalue weighted by Crippen LogP contribution is 2.62. The molecular formula is C45H42N2O4. The molecule has 0 bridgehead atoms. The minimum absolute atomic E-state index is 0.214. The molecule has 4 aromatic carbocycles. The molecule has 8 rings (SSSR count). The number of rotatable bonds is 10. The maximum atomic E-state index is 13.5. The van der Waals surface area contributed by atoms with Gasteiger partial charge >= 0.3 is 11.9 Å². The number of hydrogen-bond acceptors (Lipinski definition) is 6. The molecule has 256 valence electrons. The highest BCUT2D eigenvalue weighted by Gasteiger charge is 2.54. The number of nitrogens with zero attached hydrogens (tertiary/aromatic N) is 2. The Labute approximate surface area is 298 Å². The lowest BCUT2D eigenvalue weighted by atomic mass is 9.60. The van der Waals surface area contributed by atoms with E-state index in [9.17, 15) is 9.59 Å². The summed E-state index contributed by atoms with van der Waals surface area (Å²) in [6, 6.07) is 38.1. The minimum atomic E-state index is -0.652. The van der Waals surface area contributed by atoms with Gasteiger partial charge in [-0.15, -0.1) is 0 Å². The van der Waals surface area contributed by atoms with Gasteiger partial charge in [-0.3, -0.25) is 9.59 Å². The third-order valence-corrected chi connectivity index (χ3v) is 10.7. The molecule has 6 heteroatoms. The number of para-hydroxylation sites is 2. The lowest BCUT2D eigenvalue weighted by molar-refractivity contribution is -0.148. The van der Waals surface area contributed by atoms with E-state index in [2.05, 4.69) is 84.9 Å². The molecule has 0 N–H and O–H groups in total. The minimum Gasteiger partial charge on any atom is -0.463 e. The van der Waals surface area contributed by atoms with Gasteiger partial charge in [-0.25, -0.2) is 9.97 Å². The Morgan fingerprint density at radius 1 is 0.549 bits per heavy atom. The van der Waals surface area contributed by atoms with Crippen molar-refractivity contribution in [2.45, 2.75) is 82.8 Å². The molecule has 2 aromatic heterocycles. The summed E-state index contributed by atoms with van der Waals surface area (Å²) >= 11 is 0. The van der Waals surface area contributed by atoms with E-state index in [1.54, 1.807) is 0 Å². The van der Waals surface area contributed by atoms with Crippen molar-refractivity contribution in [2.24, 2.45) is 0 Å². The molecule has 0 spiro atoms. The van der Waals surface area contributed by atoms with Crippen molar-refractivity contribution >= 4 is 33.7 Å². The molecule has 0 fully saturated rings. The van der Waals surface area contributed by atoms with Gasteiger partial charge in [-0.1, -0.05) is 84.9 Å². The first-order valence-electron chi connectivity index (χ1n) is 18.1. The van der Waals surface area contributed by atoms with E-state index in [1.165, 1.54) is 0 Å². The molecule has 2 atom stereocenters. The van der Waals surface area contributed by atoms with Crippen LogP contribution in [0, 0.1) is 0 Å². The van der Waals surface area contributed by atoms with Gasteiger partial charge < -0.3 is 9.47 Å². The van der Waals surface area contributed by atoms with Gasteiger partial charge in [0.15, 0.2) is 0 Å². The van der Waals surface area contributed by atoms with Crippen molar-refractivity contribution in [2.75, 3.05) is 0 Å². The van der Waals surface area contributed by atoms with Crippen LogP contribution in [-0.2, 0) is 29.9 Å². The summed E-state index contributed by atoms with van der Waals surface area (Å²) in [5, 5.41) is 2.10. The van der Waals surface area contributed by atoms with Crippen LogP contribution < -0.4 is 0 Å². The third-order valence-electron chi connectivity index (χ3n) is 10.7. The molecule has 6 aromatic rings. The Kier molecular flexibility index (Phi) is 8.21. The normalized spacial score (nSPS) is 18.5. The number of pyridine rings is 2. The third kappa shape index (κ3) is 5.58. The SMILES string of the molecule is CC(C)OC(=O)CCC1(CC2(CCC(=O)OC(C)C)c3ccccc3-c3nc4ccccc4cc32)c2ccccc2-c2nc3ccccc3cc21. The second kappa shape index (κ2) is 12.8. The zero-order valence-electron chi connectivity index (χ0n) is 29.6. The molecule has 0 saturated heterocycles. The maximum absolute atomic E-state index is 13.5. The number of aromatic nitrogens is 2. The Morgan fingerprint density at radius 3 is 1.37 bits per heavy atom. The number of hydrogen-bond donors (Lipinski definition) is 0. The number of esters is 2. The fourth-order valence-corrected chi connectivity index (χ4v) is 8.76. The molecule has 0 radical (unpaired) electrons. The van der Waals surface area contributed by atoms with Crippen molar-refractivity contribution in [1.29, 1.82) is 0 Å². The fourth-order valence-electron chi connectivity index (χ4n) is 8.76. The van der Waals surface area contributed by atoms with Crippen molar-refractivity contribution in [3.05, 3.63) is 131 Å². The van der Waals surface area contributed by atoms with Crippen LogP contribution in [0.4, 0.5) is 0 Å². The highest BCUT2D eigenvalue weighted by molar-refractivity contribution is 5.91. The summed E-state index contributed by atoms with van der Waals surface area (Å²) < 4.78 is 11.5. The van der Waals surface area contributed by atoms with Gasteiger partial charge in [-0.2, -0.15) is 0 Å². The van der Waals surface area contributed by atoms with E-state index < -0.39 is 10.8 Å². The van der Waals surface area contributed by atoms with E-state index in [-0.39, 0.29) is 37.0 Å². The summed E-state index contributed by atoms with van der Waals surface area (Å²) in [5.74, 6) is -0.447. The average Bonchev–Trinajstić information content (AvgIpc) is 3.53. The Balaban J connectivity index is 1.40. The predicted octanol–water partition coefficient (Wildman–Crippen LogP) is 9.87. The maximum Gasteiger partial charge on any atom is 0.306 e. The number of fused-ring (bicyclic) bond motifs is 8. The molecule has 0 aliphatic heterocycles. The fraction of sp³-hybridized carbons (Fsp3) is 0.289. The van der Waals surface area contributed by atoms with E-state index in [1.807, 2.05) is 52.0 Å². The summed E-state index contributed by atoms with van der Waals surface area (Å²) in [6.45, 7) is 7.55. The second-order valence-corrected chi connectivity index (χ2v) is 14.7. The van der Waals surface area contributed by atoms with Gasteiger partial charge in [0.05, 0.1) is 34.6 Å². The van der Waals surface area contributed by atoms with Gasteiger partial charge in [0.2, 0.25) is 0 Å². The van der Waals surface area contributed by atoms with Gasteiger partial charge in [-0.05, 0) is 93.5 Å². The summed E-state index contributed by atoms with van der Waals surface area (Å²) in [7, 11) is 0. The molecule has 51 heavy (non-hydrogen) atoms. The number of ether oxygens (including phenoxy) is 2. The lowest BCUT2D eigenvalue weighted by Crippen LogP contribution is -2.39. The number of carbonyl (C=O) groups excluding carboxylic acids is 2. The standard InChI is InChI=1S/C45H42N2O4/c1-28(2)50-40(48)21-23-44(34-17-9-7-15-32(34)42-36(44)25-30-13-5-11-19-38(30)46-42)27-45(24-22-41(49)51-29(3)4)35-18-10-8-16-33(35)43-37(45)26-31-14-6-12-20-39(31)47-43/h5-20,25-26,28-29H,21-24,27H2,1-4H3. The zero-order chi connectivity index (χ0) is 35.3.